The fourth-order valence-electron chi connectivity index (χ4n) is 3.59. The van der Waals surface area contributed by atoms with Crippen LogP contribution in [0.25, 0.3) is 0 Å². The summed E-state index contributed by atoms with van der Waals surface area (Å²) < 4.78 is 98.7. The molecule has 1 saturated carbocycles. The van der Waals surface area contributed by atoms with Gasteiger partial charge in [0.1, 0.15) is 5.56 Å². The minimum Gasteiger partial charge on any atom is -0.415 e. The van der Waals surface area contributed by atoms with Gasteiger partial charge in [-0.25, -0.2) is 17.8 Å². The van der Waals surface area contributed by atoms with Gasteiger partial charge in [-0.3, -0.25) is 4.79 Å². The Labute approximate surface area is 207 Å². The molecule has 0 spiro atoms. The number of rotatable bonds is 6. The number of alkyl halides is 3. The number of nitrogens with one attached hydrogen (secondary N) is 1. The van der Waals surface area contributed by atoms with E-state index in [0.29, 0.717) is 12.8 Å². The van der Waals surface area contributed by atoms with Gasteiger partial charge in [-0.2, -0.15) is 17.6 Å². The van der Waals surface area contributed by atoms with E-state index < -0.39 is 67.6 Å². The fraction of sp³-hybridized carbons (Fsp3) is 0.304. The van der Waals surface area contributed by atoms with Crippen molar-refractivity contribution in [2.24, 2.45) is 0 Å². The van der Waals surface area contributed by atoms with E-state index in [-0.39, 0.29) is 16.1 Å². The number of pyridine rings is 1. The molecule has 0 radical (unpaired) electrons. The third-order valence-electron chi connectivity index (χ3n) is 5.97. The molecule has 2 aromatic heterocycles. The summed E-state index contributed by atoms with van der Waals surface area (Å²) in [6.45, 7) is 2.65. The van der Waals surface area contributed by atoms with Crippen LogP contribution in [0.5, 0.6) is 11.8 Å². The Kier molecular flexibility index (Phi) is 6.42. The molecule has 0 aliphatic heterocycles. The number of ether oxygens (including phenoxy) is 1. The topological polar surface area (TPSA) is 111 Å². The molecule has 1 N–H and O–H groups in total. The number of carbonyl (C=O) groups is 1. The Morgan fingerprint density at radius 2 is 1.78 bits per heavy atom. The van der Waals surface area contributed by atoms with Crippen LogP contribution in [-0.2, 0) is 21.4 Å². The molecule has 1 fully saturated rings. The molecule has 1 aliphatic rings. The van der Waals surface area contributed by atoms with E-state index in [0.717, 1.165) is 25.4 Å². The van der Waals surface area contributed by atoms with Crippen LogP contribution in [0.1, 0.15) is 46.9 Å². The van der Waals surface area contributed by atoms with Gasteiger partial charge in [0.15, 0.2) is 21.3 Å². The van der Waals surface area contributed by atoms with Crippen LogP contribution in [0.4, 0.5) is 27.6 Å². The van der Waals surface area contributed by atoms with Gasteiger partial charge in [-0.05, 0) is 48.9 Å². The smallest absolute Gasteiger partial charge is 0.415 e. The molecular weight excluding hydrogens is 523 g/mol. The van der Waals surface area contributed by atoms with E-state index in [1.807, 2.05) is 0 Å². The van der Waals surface area contributed by atoms with Crippen LogP contribution >= 0.6 is 0 Å². The highest BCUT2D eigenvalue weighted by molar-refractivity contribution is 7.90. The highest BCUT2D eigenvalue weighted by Gasteiger charge is 2.43. The first kappa shape index (κ1) is 26.4. The molecule has 1 aliphatic carbocycles. The van der Waals surface area contributed by atoms with Crippen molar-refractivity contribution in [1.82, 2.24) is 15.2 Å². The van der Waals surface area contributed by atoms with Crippen molar-refractivity contribution in [3.8, 4) is 11.8 Å². The van der Waals surface area contributed by atoms with Crippen LogP contribution in [0.2, 0.25) is 0 Å². The Bertz CT molecular complexity index is 1520. The first-order valence-corrected chi connectivity index (χ1v) is 12.6. The number of aromatic nitrogens is 3. The number of benzene rings is 1. The van der Waals surface area contributed by atoms with Gasteiger partial charge < -0.3 is 10.1 Å². The standard InChI is InChI=1S/C23H19F5N4O4S/c1-11-15(19(33)30-12-5-4-6-13(9-12)37(3,34)35)20(32-31-18(11)23(26,27)28)36-21-17(25)16(24)14(10-29-21)22(2)7-8-22/h4-6,9-10H,7-8H2,1-3H3,(H,30,33). The fourth-order valence-corrected chi connectivity index (χ4v) is 4.26. The predicted molar refractivity (Wildman–Crippen MR) is 120 cm³/mol. The van der Waals surface area contributed by atoms with Crippen molar-refractivity contribution in [2.75, 3.05) is 11.6 Å². The first-order valence-electron chi connectivity index (χ1n) is 10.7. The summed E-state index contributed by atoms with van der Waals surface area (Å²) in [4.78, 5) is 16.6. The quantitative estimate of drug-likeness (QED) is 0.438. The van der Waals surface area contributed by atoms with Gasteiger partial charge in [0.05, 0.1) is 4.90 Å². The Morgan fingerprint density at radius 1 is 1.11 bits per heavy atom. The molecule has 14 heteroatoms. The Balaban J connectivity index is 1.76. The Morgan fingerprint density at radius 3 is 2.38 bits per heavy atom. The first-order chi connectivity index (χ1) is 17.1. The number of hydrogen-bond acceptors (Lipinski definition) is 7. The number of anilines is 1. The van der Waals surface area contributed by atoms with Crippen LogP contribution in [-0.4, -0.2) is 35.8 Å². The van der Waals surface area contributed by atoms with E-state index in [2.05, 4.69) is 20.5 Å². The number of hydrogen-bond donors (Lipinski definition) is 1. The molecule has 37 heavy (non-hydrogen) atoms. The summed E-state index contributed by atoms with van der Waals surface area (Å²) >= 11 is 0. The third-order valence-corrected chi connectivity index (χ3v) is 7.08. The van der Waals surface area contributed by atoms with Gasteiger partial charge in [0.2, 0.25) is 5.82 Å². The van der Waals surface area contributed by atoms with Gasteiger partial charge in [-0.15, -0.1) is 10.2 Å². The van der Waals surface area contributed by atoms with Gasteiger partial charge in [0, 0.05) is 23.7 Å². The van der Waals surface area contributed by atoms with Gasteiger partial charge in [-0.1, -0.05) is 13.0 Å². The monoisotopic (exact) mass is 542 g/mol. The second-order valence-electron chi connectivity index (χ2n) is 8.87. The summed E-state index contributed by atoms with van der Waals surface area (Å²) in [7, 11) is -3.66. The molecular formula is C23H19F5N4O4S. The normalized spacial score (nSPS) is 14.8. The highest BCUT2D eigenvalue weighted by atomic mass is 32.2. The van der Waals surface area contributed by atoms with Crippen molar-refractivity contribution in [1.29, 1.82) is 0 Å². The average molecular weight is 542 g/mol. The summed E-state index contributed by atoms with van der Waals surface area (Å²) in [5.41, 5.74) is -3.63. The lowest BCUT2D eigenvalue weighted by Crippen LogP contribution is -2.21. The molecule has 196 valence electrons. The van der Waals surface area contributed by atoms with Crippen LogP contribution in [0, 0.1) is 18.6 Å². The van der Waals surface area contributed by atoms with Crippen molar-refractivity contribution in [3.63, 3.8) is 0 Å². The molecule has 1 amide bonds. The molecule has 4 rings (SSSR count). The number of halogens is 5. The second-order valence-corrected chi connectivity index (χ2v) is 10.9. The maximum Gasteiger partial charge on any atom is 0.435 e. The zero-order valence-electron chi connectivity index (χ0n) is 19.6. The zero-order chi connectivity index (χ0) is 27.3. The number of sulfone groups is 1. The average Bonchev–Trinajstić information content (AvgIpc) is 3.53. The zero-order valence-corrected chi connectivity index (χ0v) is 20.4. The lowest BCUT2D eigenvalue weighted by molar-refractivity contribution is -0.142. The van der Waals surface area contributed by atoms with Gasteiger partial charge >= 0.3 is 6.18 Å². The van der Waals surface area contributed by atoms with Crippen molar-refractivity contribution < 1.29 is 39.9 Å². The number of amides is 1. The molecule has 0 bridgehead atoms. The van der Waals surface area contributed by atoms with Gasteiger partial charge in [0.25, 0.3) is 17.7 Å². The van der Waals surface area contributed by atoms with E-state index in [1.54, 1.807) is 6.92 Å². The van der Waals surface area contributed by atoms with Crippen LogP contribution in [0.3, 0.4) is 0 Å². The van der Waals surface area contributed by atoms with Crippen molar-refractivity contribution >= 4 is 21.4 Å². The Hall–Kier alpha value is -3.68. The minimum atomic E-state index is -5.00. The molecule has 0 unspecified atom stereocenters. The molecule has 1 aromatic carbocycles. The minimum absolute atomic E-state index is 0.0239. The summed E-state index contributed by atoms with van der Waals surface area (Å²) in [6, 6.07) is 4.97. The highest BCUT2D eigenvalue weighted by Crippen LogP contribution is 2.49. The summed E-state index contributed by atoms with van der Waals surface area (Å²) in [5, 5.41) is 8.63. The maximum atomic E-state index is 14.8. The van der Waals surface area contributed by atoms with E-state index in [9.17, 15) is 35.2 Å². The lowest BCUT2D eigenvalue weighted by Gasteiger charge is -2.17. The molecule has 0 atom stereocenters. The summed E-state index contributed by atoms with van der Waals surface area (Å²) in [5.74, 6) is -5.74. The van der Waals surface area contributed by atoms with Crippen LogP contribution in [0.15, 0.2) is 35.4 Å². The number of carbonyl (C=O) groups excluding carboxylic acids is 1. The lowest BCUT2D eigenvalue weighted by atomic mass is 10.00. The van der Waals surface area contributed by atoms with Crippen molar-refractivity contribution in [3.05, 3.63) is 64.5 Å². The maximum absolute atomic E-state index is 14.8. The van der Waals surface area contributed by atoms with E-state index in [1.165, 1.54) is 18.2 Å². The second kappa shape index (κ2) is 9.01. The molecule has 2 heterocycles. The SMILES string of the molecule is Cc1c(C(F)(F)F)nnc(Oc2ncc(C3(C)CC3)c(F)c2F)c1C(=O)Nc1cccc(S(C)(=O)=O)c1. The third kappa shape index (κ3) is 5.24. The predicted octanol–water partition coefficient (Wildman–Crippen LogP) is 4.98. The van der Waals surface area contributed by atoms with Crippen LogP contribution < -0.4 is 10.1 Å². The molecule has 8 nitrogen and oxygen atoms in total. The summed E-state index contributed by atoms with van der Waals surface area (Å²) in [6.07, 6.45) is -1.76. The number of nitrogens with zero attached hydrogens (tertiary/aromatic N) is 3. The van der Waals surface area contributed by atoms with E-state index in [4.69, 9.17) is 4.74 Å². The largest absolute Gasteiger partial charge is 0.435 e. The van der Waals surface area contributed by atoms with Crippen molar-refractivity contribution in [2.45, 2.75) is 43.2 Å². The molecule has 3 aromatic rings. The van der Waals surface area contributed by atoms with E-state index >= 15 is 0 Å². The molecule has 0 saturated heterocycles.